The van der Waals surface area contributed by atoms with Gasteiger partial charge in [0, 0.05) is 0 Å². The predicted octanol–water partition coefficient (Wildman–Crippen LogP) is 4.00. The van der Waals surface area contributed by atoms with Crippen LogP contribution in [0.1, 0.15) is 66.7 Å². The quantitative estimate of drug-likeness (QED) is 0.768. The van der Waals surface area contributed by atoms with Gasteiger partial charge in [-0.25, -0.2) is 0 Å². The minimum atomic E-state index is -0.423. The van der Waals surface area contributed by atoms with Crippen LogP contribution in [-0.2, 0) is 0 Å². The smallest absolute Gasteiger partial charge is 0.0754 e. The minimum absolute atomic E-state index is 0.120. The minimum Gasteiger partial charge on any atom is -0.389 e. The Bertz CT molecular complexity index is 274. The number of rotatable bonds is 3. The lowest BCUT2D eigenvalue weighted by atomic mass is 9.58. The molecule has 94 valence electrons. The van der Waals surface area contributed by atoms with Crippen LogP contribution in [0.4, 0.5) is 0 Å². The fourth-order valence-electron chi connectivity index (χ4n) is 4.47. The Balaban J connectivity index is 2.23. The summed E-state index contributed by atoms with van der Waals surface area (Å²) in [5.74, 6) is 1.44. The lowest BCUT2D eigenvalue weighted by molar-refractivity contribution is -0.149. The third-order valence-electron chi connectivity index (χ3n) is 5.91. The molecule has 0 saturated heterocycles. The van der Waals surface area contributed by atoms with Gasteiger partial charge < -0.3 is 5.11 Å². The molecule has 2 rings (SSSR count). The molecule has 3 unspecified atom stereocenters. The van der Waals surface area contributed by atoms with Gasteiger partial charge in [0.05, 0.1) is 5.60 Å². The first-order chi connectivity index (χ1) is 7.23. The highest BCUT2D eigenvalue weighted by Gasteiger charge is 2.67. The van der Waals surface area contributed by atoms with Crippen molar-refractivity contribution < 1.29 is 5.11 Å². The molecule has 0 aromatic carbocycles. The molecule has 1 nitrogen and oxygen atoms in total. The molecule has 1 N–H and O–H groups in total. The van der Waals surface area contributed by atoms with Crippen molar-refractivity contribution in [2.75, 3.05) is 0 Å². The van der Waals surface area contributed by atoms with Gasteiger partial charge in [0.15, 0.2) is 0 Å². The molecule has 0 spiro atoms. The third-order valence-corrected chi connectivity index (χ3v) is 5.91. The van der Waals surface area contributed by atoms with Crippen molar-refractivity contribution in [3.63, 3.8) is 0 Å². The second kappa shape index (κ2) is 3.48. The molecule has 2 aliphatic rings. The molecule has 1 heteroatoms. The summed E-state index contributed by atoms with van der Waals surface area (Å²) < 4.78 is 0. The van der Waals surface area contributed by atoms with Gasteiger partial charge in [0.2, 0.25) is 0 Å². The van der Waals surface area contributed by atoms with Gasteiger partial charge in [-0.15, -0.1) is 0 Å². The maximum absolute atomic E-state index is 11.2. The van der Waals surface area contributed by atoms with Crippen LogP contribution >= 0.6 is 0 Å². The number of hydrogen-bond donors (Lipinski definition) is 1. The van der Waals surface area contributed by atoms with E-state index in [0.717, 1.165) is 18.8 Å². The molecule has 0 aromatic rings. The first-order valence-corrected chi connectivity index (χ1v) is 6.95. The van der Waals surface area contributed by atoms with Crippen LogP contribution in [0.25, 0.3) is 0 Å². The Hall–Kier alpha value is -0.0400. The van der Waals surface area contributed by atoms with Crippen LogP contribution in [0.2, 0.25) is 0 Å². The first-order valence-electron chi connectivity index (χ1n) is 6.95. The normalized spacial score (nSPS) is 45.6. The average molecular weight is 224 g/mol. The summed E-state index contributed by atoms with van der Waals surface area (Å²) in [6.07, 6.45) is 5.95. The Kier molecular flexibility index (Phi) is 2.70. The summed E-state index contributed by atoms with van der Waals surface area (Å²) in [7, 11) is 0. The molecule has 2 saturated carbocycles. The highest BCUT2D eigenvalue weighted by Crippen LogP contribution is 2.69. The fraction of sp³-hybridized carbons (Fsp3) is 1.00. The highest BCUT2D eigenvalue weighted by atomic mass is 16.3. The van der Waals surface area contributed by atoms with Crippen molar-refractivity contribution in [3.05, 3.63) is 0 Å². The van der Waals surface area contributed by atoms with Crippen molar-refractivity contribution in [2.24, 2.45) is 22.7 Å². The molecule has 0 amide bonds. The summed E-state index contributed by atoms with van der Waals surface area (Å²) in [5, 5.41) is 11.2. The lowest BCUT2D eigenvalue weighted by Crippen LogP contribution is -2.54. The summed E-state index contributed by atoms with van der Waals surface area (Å²) in [6.45, 7) is 11.4. The number of hydrogen-bond acceptors (Lipinski definition) is 1. The van der Waals surface area contributed by atoms with E-state index in [1.165, 1.54) is 19.3 Å². The van der Waals surface area contributed by atoms with Crippen LogP contribution < -0.4 is 0 Å². The maximum atomic E-state index is 11.2. The molecular weight excluding hydrogens is 196 g/mol. The summed E-state index contributed by atoms with van der Waals surface area (Å²) in [6, 6.07) is 0. The second-order valence-corrected chi connectivity index (χ2v) is 7.51. The van der Waals surface area contributed by atoms with Gasteiger partial charge >= 0.3 is 0 Å². The Labute approximate surface area is 101 Å². The van der Waals surface area contributed by atoms with Gasteiger partial charge in [0.1, 0.15) is 0 Å². The van der Waals surface area contributed by atoms with Crippen molar-refractivity contribution in [1.82, 2.24) is 0 Å². The van der Waals surface area contributed by atoms with E-state index in [9.17, 15) is 5.11 Å². The molecular formula is C15H28O. The molecule has 3 atom stereocenters. The molecule has 2 bridgehead atoms. The molecule has 2 fully saturated rings. The van der Waals surface area contributed by atoms with Gasteiger partial charge in [-0.05, 0) is 54.8 Å². The van der Waals surface area contributed by atoms with Crippen LogP contribution in [-0.4, -0.2) is 10.7 Å². The highest BCUT2D eigenvalue weighted by molar-refractivity contribution is 5.17. The zero-order valence-corrected chi connectivity index (χ0v) is 11.6. The average Bonchev–Trinajstić information content (AvgIpc) is 2.62. The van der Waals surface area contributed by atoms with E-state index in [2.05, 4.69) is 34.6 Å². The van der Waals surface area contributed by atoms with E-state index in [4.69, 9.17) is 0 Å². The van der Waals surface area contributed by atoms with E-state index < -0.39 is 5.60 Å². The van der Waals surface area contributed by atoms with E-state index >= 15 is 0 Å². The van der Waals surface area contributed by atoms with Crippen LogP contribution in [0.15, 0.2) is 0 Å². The van der Waals surface area contributed by atoms with Crippen molar-refractivity contribution >= 4 is 0 Å². The molecule has 0 heterocycles. The van der Waals surface area contributed by atoms with Crippen LogP contribution in [0, 0.1) is 22.7 Å². The molecule has 2 aliphatic carbocycles. The standard InChI is InChI=1S/C15H28O/c1-11(2)6-9-15(16)13(3,4)12-7-8-14(15,5)10-12/h11-12,16H,6-10H2,1-5H3. The summed E-state index contributed by atoms with van der Waals surface area (Å²) in [5.41, 5.74) is -0.113. The van der Waals surface area contributed by atoms with Gasteiger partial charge in [-0.3, -0.25) is 0 Å². The Morgan fingerprint density at radius 3 is 2.31 bits per heavy atom. The summed E-state index contributed by atoms with van der Waals surface area (Å²) >= 11 is 0. The van der Waals surface area contributed by atoms with E-state index in [-0.39, 0.29) is 10.8 Å². The zero-order valence-electron chi connectivity index (χ0n) is 11.6. The molecule has 0 aromatic heterocycles. The number of aliphatic hydroxyl groups is 1. The van der Waals surface area contributed by atoms with Crippen molar-refractivity contribution in [1.29, 1.82) is 0 Å². The largest absolute Gasteiger partial charge is 0.389 e. The second-order valence-electron chi connectivity index (χ2n) is 7.51. The topological polar surface area (TPSA) is 20.2 Å². The maximum Gasteiger partial charge on any atom is 0.0754 e. The molecule has 0 aliphatic heterocycles. The fourth-order valence-corrected chi connectivity index (χ4v) is 4.47. The zero-order chi connectivity index (χ0) is 12.2. The van der Waals surface area contributed by atoms with E-state index in [0.29, 0.717) is 5.92 Å². The van der Waals surface area contributed by atoms with Gasteiger partial charge in [-0.2, -0.15) is 0 Å². The molecule has 0 radical (unpaired) electrons. The molecule has 16 heavy (non-hydrogen) atoms. The van der Waals surface area contributed by atoms with E-state index in [1.807, 2.05) is 0 Å². The van der Waals surface area contributed by atoms with Gasteiger partial charge in [-0.1, -0.05) is 34.6 Å². The van der Waals surface area contributed by atoms with E-state index in [1.54, 1.807) is 0 Å². The SMILES string of the molecule is CC(C)CCC1(O)C2(C)CCC(C2)C1(C)C. The lowest BCUT2D eigenvalue weighted by Gasteiger charge is -2.51. The predicted molar refractivity (Wildman–Crippen MR) is 68.3 cm³/mol. The first kappa shape index (κ1) is 12.4. The van der Waals surface area contributed by atoms with Crippen molar-refractivity contribution in [2.45, 2.75) is 72.3 Å². The summed E-state index contributed by atoms with van der Waals surface area (Å²) in [4.78, 5) is 0. The van der Waals surface area contributed by atoms with Crippen LogP contribution in [0.5, 0.6) is 0 Å². The Morgan fingerprint density at radius 1 is 1.25 bits per heavy atom. The monoisotopic (exact) mass is 224 g/mol. The number of fused-ring (bicyclic) bond motifs is 2. The van der Waals surface area contributed by atoms with Crippen molar-refractivity contribution in [3.8, 4) is 0 Å². The van der Waals surface area contributed by atoms with Crippen LogP contribution in [0.3, 0.4) is 0 Å². The third kappa shape index (κ3) is 1.40. The van der Waals surface area contributed by atoms with Gasteiger partial charge in [0.25, 0.3) is 0 Å². The Morgan fingerprint density at radius 2 is 1.88 bits per heavy atom.